The van der Waals surface area contributed by atoms with Gasteiger partial charge in [0.25, 0.3) is 0 Å². The number of carbonyl (C=O) groups excluding carboxylic acids is 1. The van der Waals surface area contributed by atoms with Gasteiger partial charge in [-0.15, -0.1) is 0 Å². The van der Waals surface area contributed by atoms with E-state index in [2.05, 4.69) is 13.8 Å². The monoisotopic (exact) mass is 210 g/mol. The van der Waals surface area contributed by atoms with E-state index in [0.29, 0.717) is 11.8 Å². The Morgan fingerprint density at radius 1 is 1.20 bits per heavy atom. The molecule has 1 saturated carbocycles. The molecule has 0 radical (unpaired) electrons. The van der Waals surface area contributed by atoms with Gasteiger partial charge in [0.2, 0.25) is 5.91 Å². The number of hydrogen-bond donors (Lipinski definition) is 1. The zero-order valence-corrected chi connectivity index (χ0v) is 9.83. The van der Waals surface area contributed by atoms with Crippen LogP contribution in [0.3, 0.4) is 0 Å². The van der Waals surface area contributed by atoms with Gasteiger partial charge in [-0.1, -0.05) is 26.7 Å². The molecule has 1 amide bonds. The standard InChI is InChI=1S/C12H22N2O/c1-9-7-14(8-10(9)2)11(15)12(13)5-3-4-6-12/h9-10H,3-8,13H2,1-2H3. The third kappa shape index (κ3) is 1.89. The molecular formula is C12H22N2O. The molecule has 1 saturated heterocycles. The maximum atomic E-state index is 12.3. The van der Waals surface area contributed by atoms with Crippen molar-refractivity contribution in [2.24, 2.45) is 17.6 Å². The second kappa shape index (κ2) is 3.78. The van der Waals surface area contributed by atoms with Crippen LogP contribution in [-0.4, -0.2) is 29.4 Å². The highest BCUT2D eigenvalue weighted by Crippen LogP contribution is 2.32. The van der Waals surface area contributed by atoms with Gasteiger partial charge in [0.05, 0.1) is 5.54 Å². The Kier molecular flexibility index (Phi) is 2.75. The summed E-state index contributed by atoms with van der Waals surface area (Å²) < 4.78 is 0. The van der Waals surface area contributed by atoms with Crippen LogP contribution >= 0.6 is 0 Å². The van der Waals surface area contributed by atoms with Crippen LogP contribution in [0.5, 0.6) is 0 Å². The highest BCUT2D eigenvalue weighted by Gasteiger charge is 2.42. The number of nitrogens with zero attached hydrogens (tertiary/aromatic N) is 1. The van der Waals surface area contributed by atoms with Crippen LogP contribution in [-0.2, 0) is 4.79 Å². The lowest BCUT2D eigenvalue weighted by molar-refractivity contribution is -0.135. The molecule has 2 atom stereocenters. The van der Waals surface area contributed by atoms with Crippen molar-refractivity contribution in [1.29, 1.82) is 0 Å². The maximum absolute atomic E-state index is 12.3. The van der Waals surface area contributed by atoms with Crippen LogP contribution in [0.1, 0.15) is 39.5 Å². The van der Waals surface area contributed by atoms with E-state index in [1.165, 1.54) is 0 Å². The number of nitrogens with two attached hydrogens (primary N) is 1. The van der Waals surface area contributed by atoms with Crippen molar-refractivity contribution >= 4 is 5.91 Å². The average molecular weight is 210 g/mol. The van der Waals surface area contributed by atoms with Crippen molar-refractivity contribution in [2.75, 3.05) is 13.1 Å². The summed E-state index contributed by atoms with van der Waals surface area (Å²) in [5.74, 6) is 1.45. The summed E-state index contributed by atoms with van der Waals surface area (Å²) in [7, 11) is 0. The van der Waals surface area contributed by atoms with Crippen LogP contribution in [0.2, 0.25) is 0 Å². The van der Waals surface area contributed by atoms with Gasteiger partial charge in [0.1, 0.15) is 0 Å². The summed E-state index contributed by atoms with van der Waals surface area (Å²) in [6.45, 7) is 6.24. The van der Waals surface area contributed by atoms with E-state index < -0.39 is 5.54 Å². The highest BCUT2D eigenvalue weighted by molar-refractivity contribution is 5.86. The molecule has 0 aromatic carbocycles. The van der Waals surface area contributed by atoms with E-state index in [1.807, 2.05) is 4.90 Å². The minimum Gasteiger partial charge on any atom is -0.341 e. The minimum atomic E-state index is -0.524. The van der Waals surface area contributed by atoms with E-state index in [4.69, 9.17) is 5.73 Å². The summed E-state index contributed by atoms with van der Waals surface area (Å²) in [5, 5.41) is 0. The zero-order chi connectivity index (χ0) is 11.1. The molecule has 2 rings (SSSR count). The molecule has 2 aliphatic rings. The molecule has 1 aliphatic heterocycles. The number of likely N-dealkylation sites (tertiary alicyclic amines) is 1. The predicted molar refractivity (Wildman–Crippen MR) is 60.3 cm³/mol. The van der Waals surface area contributed by atoms with Gasteiger partial charge in [-0.2, -0.15) is 0 Å². The molecule has 0 bridgehead atoms. The van der Waals surface area contributed by atoms with E-state index in [9.17, 15) is 4.79 Å². The first-order valence-corrected chi connectivity index (χ1v) is 6.11. The number of hydrogen-bond acceptors (Lipinski definition) is 2. The van der Waals surface area contributed by atoms with E-state index in [-0.39, 0.29) is 5.91 Å². The number of amides is 1. The van der Waals surface area contributed by atoms with Gasteiger partial charge in [0.15, 0.2) is 0 Å². The largest absolute Gasteiger partial charge is 0.341 e. The van der Waals surface area contributed by atoms with E-state index in [1.54, 1.807) is 0 Å². The minimum absolute atomic E-state index is 0.205. The quantitative estimate of drug-likeness (QED) is 0.710. The second-order valence-electron chi connectivity index (χ2n) is 5.53. The lowest BCUT2D eigenvalue weighted by atomic mass is 9.97. The van der Waals surface area contributed by atoms with Crippen molar-refractivity contribution in [1.82, 2.24) is 4.90 Å². The topological polar surface area (TPSA) is 46.3 Å². The van der Waals surface area contributed by atoms with Crippen LogP contribution < -0.4 is 5.73 Å². The first-order valence-electron chi connectivity index (χ1n) is 6.11. The Morgan fingerprint density at radius 2 is 1.67 bits per heavy atom. The first kappa shape index (κ1) is 10.9. The number of rotatable bonds is 1. The van der Waals surface area contributed by atoms with Gasteiger partial charge >= 0.3 is 0 Å². The molecule has 0 aromatic heterocycles. The van der Waals surface area contributed by atoms with Crippen molar-refractivity contribution < 1.29 is 4.79 Å². The highest BCUT2D eigenvalue weighted by atomic mass is 16.2. The summed E-state index contributed by atoms with van der Waals surface area (Å²) in [6.07, 6.45) is 3.98. The van der Waals surface area contributed by atoms with Gasteiger partial charge < -0.3 is 10.6 Å². The molecule has 2 unspecified atom stereocenters. The lowest BCUT2D eigenvalue weighted by Gasteiger charge is -2.28. The van der Waals surface area contributed by atoms with Crippen molar-refractivity contribution in [2.45, 2.75) is 45.1 Å². The molecule has 2 N–H and O–H groups in total. The Morgan fingerprint density at radius 3 is 2.13 bits per heavy atom. The molecule has 86 valence electrons. The SMILES string of the molecule is CC1CN(C(=O)C2(N)CCCC2)CC1C. The molecule has 2 fully saturated rings. The van der Waals surface area contributed by atoms with Crippen LogP contribution in [0, 0.1) is 11.8 Å². The molecule has 0 aromatic rings. The third-order valence-corrected chi connectivity index (χ3v) is 4.20. The fraction of sp³-hybridized carbons (Fsp3) is 0.917. The molecule has 1 aliphatic carbocycles. The normalized spacial score (nSPS) is 34.7. The number of carbonyl (C=O) groups is 1. The summed E-state index contributed by atoms with van der Waals surface area (Å²) in [5.41, 5.74) is 5.66. The van der Waals surface area contributed by atoms with Gasteiger partial charge in [-0.25, -0.2) is 0 Å². The molecule has 1 heterocycles. The van der Waals surface area contributed by atoms with Gasteiger partial charge in [-0.3, -0.25) is 4.79 Å². The molecule has 3 heteroatoms. The van der Waals surface area contributed by atoms with E-state index in [0.717, 1.165) is 38.8 Å². The zero-order valence-electron chi connectivity index (χ0n) is 9.83. The van der Waals surface area contributed by atoms with Crippen molar-refractivity contribution in [3.05, 3.63) is 0 Å². The fourth-order valence-electron chi connectivity index (χ4n) is 2.83. The Labute approximate surface area is 92.0 Å². The van der Waals surface area contributed by atoms with E-state index >= 15 is 0 Å². The lowest BCUT2D eigenvalue weighted by Crippen LogP contribution is -2.53. The Balaban J connectivity index is 2.02. The maximum Gasteiger partial charge on any atom is 0.242 e. The predicted octanol–water partition coefficient (Wildman–Crippen LogP) is 1.37. The van der Waals surface area contributed by atoms with Gasteiger partial charge in [0, 0.05) is 13.1 Å². The van der Waals surface area contributed by atoms with Crippen molar-refractivity contribution in [3.8, 4) is 0 Å². The van der Waals surface area contributed by atoms with Crippen LogP contribution in [0.15, 0.2) is 0 Å². The van der Waals surface area contributed by atoms with Crippen molar-refractivity contribution in [3.63, 3.8) is 0 Å². The summed E-state index contributed by atoms with van der Waals surface area (Å²) in [6, 6.07) is 0. The Hall–Kier alpha value is -0.570. The molecule has 0 spiro atoms. The third-order valence-electron chi connectivity index (χ3n) is 4.20. The molecule has 15 heavy (non-hydrogen) atoms. The second-order valence-corrected chi connectivity index (χ2v) is 5.53. The Bertz CT molecular complexity index is 248. The molecular weight excluding hydrogens is 188 g/mol. The molecule has 3 nitrogen and oxygen atoms in total. The van der Waals surface area contributed by atoms with Gasteiger partial charge in [-0.05, 0) is 24.7 Å². The fourth-order valence-corrected chi connectivity index (χ4v) is 2.83. The summed E-state index contributed by atoms with van der Waals surface area (Å²) in [4.78, 5) is 14.2. The first-order chi connectivity index (χ1) is 7.03. The van der Waals surface area contributed by atoms with Crippen LogP contribution in [0.25, 0.3) is 0 Å². The summed E-state index contributed by atoms with van der Waals surface area (Å²) >= 11 is 0. The average Bonchev–Trinajstić information content (AvgIpc) is 2.75. The smallest absolute Gasteiger partial charge is 0.242 e. The van der Waals surface area contributed by atoms with Crippen LogP contribution in [0.4, 0.5) is 0 Å².